The average Bonchev–Trinajstić information content (AvgIpc) is 2.86. The van der Waals surface area contributed by atoms with E-state index >= 15 is 0 Å². The highest BCUT2D eigenvalue weighted by Crippen LogP contribution is 2.19. The van der Waals surface area contributed by atoms with E-state index in [2.05, 4.69) is 20.1 Å². The van der Waals surface area contributed by atoms with E-state index in [1.165, 1.54) is 0 Å². The van der Waals surface area contributed by atoms with Crippen LogP contribution in [0.3, 0.4) is 0 Å². The van der Waals surface area contributed by atoms with E-state index in [0.29, 0.717) is 6.42 Å². The Morgan fingerprint density at radius 1 is 1.59 bits per heavy atom. The lowest BCUT2D eigenvalue weighted by atomic mass is 10.2. The molecule has 6 heteroatoms. The molecule has 0 fully saturated rings. The summed E-state index contributed by atoms with van der Waals surface area (Å²) in [5.41, 5.74) is 0. The molecule has 0 spiro atoms. The third-order valence-electron chi connectivity index (χ3n) is 3.18. The van der Waals surface area contributed by atoms with Crippen molar-refractivity contribution in [3.63, 3.8) is 0 Å². The summed E-state index contributed by atoms with van der Waals surface area (Å²) in [5, 5.41) is 20.3. The monoisotopic (exact) mass is 238 g/mol. The minimum absolute atomic E-state index is 0.0876. The maximum atomic E-state index is 11.0. The molecule has 17 heavy (non-hydrogen) atoms. The van der Waals surface area contributed by atoms with Crippen molar-refractivity contribution in [3.05, 3.63) is 11.6 Å². The second-order valence-electron chi connectivity index (χ2n) is 4.42. The number of rotatable bonds is 5. The topological polar surface area (TPSA) is 80.0 Å². The zero-order valence-electron chi connectivity index (χ0n) is 10.2. The SMILES string of the molecule is CCC(NC(C)c1nnc2n1CCC2)C(=O)O. The molecular weight excluding hydrogens is 220 g/mol. The van der Waals surface area contributed by atoms with Gasteiger partial charge in [0.25, 0.3) is 0 Å². The maximum absolute atomic E-state index is 11.0. The Morgan fingerprint density at radius 3 is 3.00 bits per heavy atom. The van der Waals surface area contributed by atoms with Crippen LogP contribution >= 0.6 is 0 Å². The van der Waals surface area contributed by atoms with Crippen LogP contribution in [0, 0.1) is 0 Å². The van der Waals surface area contributed by atoms with E-state index in [0.717, 1.165) is 31.0 Å². The van der Waals surface area contributed by atoms with E-state index in [-0.39, 0.29) is 6.04 Å². The Balaban J connectivity index is 2.09. The normalized spacial score (nSPS) is 17.8. The quantitative estimate of drug-likeness (QED) is 0.790. The van der Waals surface area contributed by atoms with Crippen molar-refractivity contribution in [2.45, 2.75) is 51.7 Å². The van der Waals surface area contributed by atoms with Gasteiger partial charge in [-0.05, 0) is 19.8 Å². The smallest absolute Gasteiger partial charge is 0.320 e. The molecule has 1 aromatic rings. The highest BCUT2D eigenvalue weighted by Gasteiger charge is 2.24. The Labute approximate surface area is 100 Å². The van der Waals surface area contributed by atoms with E-state index in [9.17, 15) is 4.79 Å². The summed E-state index contributed by atoms with van der Waals surface area (Å²) >= 11 is 0. The number of aliphatic carboxylic acids is 1. The molecule has 0 amide bonds. The van der Waals surface area contributed by atoms with Gasteiger partial charge in [0.1, 0.15) is 17.7 Å². The molecule has 2 unspecified atom stereocenters. The number of carboxylic acid groups (broad SMARTS) is 1. The maximum Gasteiger partial charge on any atom is 0.320 e. The molecule has 1 aliphatic heterocycles. The van der Waals surface area contributed by atoms with Crippen LogP contribution in [0.2, 0.25) is 0 Å². The van der Waals surface area contributed by atoms with E-state index in [1.54, 1.807) is 0 Å². The molecule has 2 rings (SSSR count). The standard InChI is InChI=1S/C11H18N4O2/c1-3-8(11(16)17)12-7(2)10-14-13-9-5-4-6-15(9)10/h7-8,12H,3-6H2,1-2H3,(H,16,17). The molecule has 0 radical (unpaired) electrons. The van der Waals surface area contributed by atoms with Gasteiger partial charge in [-0.1, -0.05) is 6.92 Å². The fraction of sp³-hybridized carbons (Fsp3) is 0.727. The summed E-state index contributed by atoms with van der Waals surface area (Å²) in [6.07, 6.45) is 2.62. The highest BCUT2D eigenvalue weighted by atomic mass is 16.4. The first-order valence-electron chi connectivity index (χ1n) is 6.04. The predicted octanol–water partition coefficient (Wildman–Crippen LogP) is 0.738. The Hall–Kier alpha value is -1.43. The number of carboxylic acids is 1. The van der Waals surface area contributed by atoms with Crippen molar-refractivity contribution in [2.75, 3.05) is 0 Å². The average molecular weight is 238 g/mol. The summed E-state index contributed by atoms with van der Waals surface area (Å²) in [4.78, 5) is 11.0. The van der Waals surface area contributed by atoms with Gasteiger partial charge in [0.2, 0.25) is 0 Å². The molecular formula is C11H18N4O2. The molecule has 2 N–H and O–H groups in total. The predicted molar refractivity (Wildman–Crippen MR) is 61.6 cm³/mol. The van der Waals surface area contributed by atoms with Crippen LogP contribution < -0.4 is 5.32 Å². The van der Waals surface area contributed by atoms with Crippen LogP contribution in [-0.4, -0.2) is 31.9 Å². The lowest BCUT2D eigenvalue weighted by Crippen LogP contribution is -2.38. The summed E-state index contributed by atoms with van der Waals surface area (Å²) in [5.74, 6) is 1.04. The number of hydrogen-bond acceptors (Lipinski definition) is 4. The Kier molecular flexibility index (Phi) is 3.42. The van der Waals surface area contributed by atoms with Crippen molar-refractivity contribution in [1.82, 2.24) is 20.1 Å². The number of hydrogen-bond donors (Lipinski definition) is 2. The lowest BCUT2D eigenvalue weighted by molar-refractivity contribution is -0.139. The van der Waals surface area contributed by atoms with Crippen LogP contribution in [-0.2, 0) is 17.8 Å². The second kappa shape index (κ2) is 4.83. The van der Waals surface area contributed by atoms with Crippen LogP contribution in [0.15, 0.2) is 0 Å². The van der Waals surface area contributed by atoms with Gasteiger partial charge in [0.15, 0.2) is 0 Å². The van der Waals surface area contributed by atoms with Crippen molar-refractivity contribution >= 4 is 5.97 Å². The lowest BCUT2D eigenvalue weighted by Gasteiger charge is -2.18. The summed E-state index contributed by atoms with van der Waals surface area (Å²) in [6, 6.07) is -0.616. The summed E-state index contributed by atoms with van der Waals surface area (Å²) in [7, 11) is 0. The van der Waals surface area contributed by atoms with Crippen LogP contribution in [0.5, 0.6) is 0 Å². The van der Waals surface area contributed by atoms with Gasteiger partial charge < -0.3 is 9.67 Å². The van der Waals surface area contributed by atoms with Gasteiger partial charge in [-0.15, -0.1) is 10.2 Å². The summed E-state index contributed by atoms with van der Waals surface area (Å²) in [6.45, 7) is 4.72. The minimum Gasteiger partial charge on any atom is -0.480 e. The van der Waals surface area contributed by atoms with Crippen molar-refractivity contribution in [3.8, 4) is 0 Å². The Morgan fingerprint density at radius 2 is 2.35 bits per heavy atom. The van der Waals surface area contributed by atoms with E-state index in [1.807, 2.05) is 13.8 Å². The van der Waals surface area contributed by atoms with Crippen molar-refractivity contribution < 1.29 is 9.90 Å². The highest BCUT2D eigenvalue weighted by molar-refractivity contribution is 5.73. The third kappa shape index (κ3) is 2.31. The molecule has 0 saturated carbocycles. The number of aryl methyl sites for hydroxylation is 1. The second-order valence-corrected chi connectivity index (χ2v) is 4.42. The molecule has 2 atom stereocenters. The Bertz CT molecular complexity index is 416. The molecule has 0 aliphatic carbocycles. The van der Waals surface area contributed by atoms with E-state index in [4.69, 9.17) is 5.11 Å². The van der Waals surface area contributed by atoms with Gasteiger partial charge in [-0.3, -0.25) is 10.1 Å². The molecule has 0 saturated heterocycles. The van der Waals surface area contributed by atoms with Crippen LogP contribution in [0.1, 0.15) is 44.4 Å². The van der Waals surface area contributed by atoms with Gasteiger partial charge in [-0.2, -0.15) is 0 Å². The fourth-order valence-electron chi connectivity index (χ4n) is 2.23. The molecule has 0 aromatic carbocycles. The zero-order valence-corrected chi connectivity index (χ0v) is 10.2. The number of fused-ring (bicyclic) bond motifs is 1. The van der Waals surface area contributed by atoms with Gasteiger partial charge >= 0.3 is 5.97 Å². The van der Waals surface area contributed by atoms with Gasteiger partial charge in [0.05, 0.1) is 6.04 Å². The molecule has 0 bridgehead atoms. The molecule has 1 aliphatic rings. The largest absolute Gasteiger partial charge is 0.480 e. The first-order valence-corrected chi connectivity index (χ1v) is 6.04. The molecule has 1 aromatic heterocycles. The third-order valence-corrected chi connectivity index (χ3v) is 3.18. The first-order chi connectivity index (χ1) is 8.13. The number of aromatic nitrogens is 3. The number of nitrogens with one attached hydrogen (secondary N) is 1. The fourth-order valence-corrected chi connectivity index (χ4v) is 2.23. The van der Waals surface area contributed by atoms with Gasteiger partial charge in [0, 0.05) is 13.0 Å². The van der Waals surface area contributed by atoms with Crippen molar-refractivity contribution in [2.24, 2.45) is 0 Å². The first kappa shape index (κ1) is 12.0. The van der Waals surface area contributed by atoms with Crippen LogP contribution in [0.4, 0.5) is 0 Å². The number of carbonyl (C=O) groups is 1. The summed E-state index contributed by atoms with van der Waals surface area (Å²) < 4.78 is 2.09. The zero-order chi connectivity index (χ0) is 12.4. The minimum atomic E-state index is -0.819. The molecule has 94 valence electrons. The van der Waals surface area contributed by atoms with E-state index < -0.39 is 12.0 Å². The van der Waals surface area contributed by atoms with Crippen LogP contribution in [0.25, 0.3) is 0 Å². The van der Waals surface area contributed by atoms with Gasteiger partial charge in [-0.25, -0.2) is 0 Å². The molecule has 2 heterocycles. The molecule has 6 nitrogen and oxygen atoms in total. The number of nitrogens with zero attached hydrogens (tertiary/aromatic N) is 3. The van der Waals surface area contributed by atoms with Crippen molar-refractivity contribution in [1.29, 1.82) is 0 Å².